The van der Waals surface area contributed by atoms with Gasteiger partial charge in [-0.05, 0) is 41.5 Å². The second kappa shape index (κ2) is 11.2. The highest BCUT2D eigenvalue weighted by atomic mass is 32.1. The fourth-order valence-electron chi connectivity index (χ4n) is 7.54. The second-order valence-electron chi connectivity index (χ2n) is 12.8. The monoisotopic (exact) mass is 686 g/mol. The lowest BCUT2D eigenvalue weighted by atomic mass is 10.00. The van der Waals surface area contributed by atoms with Gasteiger partial charge < -0.3 is 0 Å². The highest BCUT2D eigenvalue weighted by Gasteiger charge is 2.22. The van der Waals surface area contributed by atoms with E-state index in [1.165, 1.54) is 62.2 Å². The molecule has 4 nitrogen and oxygen atoms in total. The van der Waals surface area contributed by atoms with Crippen molar-refractivity contribution in [2.45, 2.75) is 0 Å². The van der Waals surface area contributed by atoms with Crippen LogP contribution in [0.25, 0.3) is 102 Å². The van der Waals surface area contributed by atoms with E-state index in [9.17, 15) is 0 Å². The largest absolute Gasteiger partial charge is 0.278 e. The summed E-state index contributed by atoms with van der Waals surface area (Å²) < 4.78 is 7.41. The molecule has 7 aromatic carbocycles. The van der Waals surface area contributed by atoms with Crippen LogP contribution >= 0.6 is 22.7 Å². The van der Waals surface area contributed by atoms with Gasteiger partial charge >= 0.3 is 0 Å². The van der Waals surface area contributed by atoms with Crippen LogP contribution in [0.2, 0.25) is 0 Å². The van der Waals surface area contributed by atoms with E-state index >= 15 is 0 Å². The van der Waals surface area contributed by atoms with Crippen molar-refractivity contribution in [2.24, 2.45) is 0 Å². The van der Waals surface area contributed by atoms with Gasteiger partial charge in [0, 0.05) is 62.2 Å². The molecule has 0 aliphatic carbocycles. The molecule has 238 valence electrons. The van der Waals surface area contributed by atoms with Crippen molar-refractivity contribution in [3.05, 3.63) is 158 Å². The predicted molar refractivity (Wildman–Crippen MR) is 216 cm³/mol. The fourth-order valence-corrected chi connectivity index (χ4v) is 10.0. The Bertz CT molecular complexity index is 3080. The van der Waals surface area contributed by atoms with E-state index in [0.717, 1.165) is 22.2 Å². The molecule has 0 atom stereocenters. The van der Waals surface area contributed by atoms with Crippen LogP contribution in [0.4, 0.5) is 0 Å². The van der Waals surface area contributed by atoms with E-state index < -0.39 is 0 Å². The summed E-state index contributed by atoms with van der Waals surface area (Å²) in [5.41, 5.74) is 6.48. The van der Waals surface area contributed by atoms with Gasteiger partial charge in [0.05, 0.1) is 11.0 Å². The molecule has 0 spiro atoms. The first kappa shape index (κ1) is 28.6. The zero-order chi connectivity index (χ0) is 33.5. The fraction of sp³-hybridized carbons (Fsp3) is 0. The summed E-state index contributed by atoms with van der Waals surface area (Å²) in [6, 6.07) is 55.9. The summed E-state index contributed by atoms with van der Waals surface area (Å²) >= 11 is 3.73. The minimum atomic E-state index is 0.600. The molecule has 4 aromatic heterocycles. The van der Waals surface area contributed by atoms with E-state index in [2.05, 4.69) is 126 Å². The number of aromatic nitrogens is 4. The Morgan fingerprint density at radius 1 is 0.392 bits per heavy atom. The highest BCUT2D eigenvalue weighted by Crippen LogP contribution is 2.45. The molecule has 0 N–H and O–H groups in total. The number of fused-ring (bicyclic) bond motifs is 10. The topological polar surface area (TPSA) is 43.6 Å². The van der Waals surface area contributed by atoms with Crippen LogP contribution in [-0.4, -0.2) is 19.5 Å². The first-order valence-corrected chi connectivity index (χ1v) is 18.6. The molecule has 0 aliphatic heterocycles. The standard InChI is InChI=1S/C45H26N4S2/c1-3-12-27(13-4-1)43-46-44(28-14-5-2-6-15-28)48-45(47-43)49-36-24-22-29(30-18-11-19-33-31-16-7-9-20-38(31)50-41(30)33)26-35(36)40-37(49)25-23-34-32-17-8-10-21-39(32)51-42(34)40/h1-26H. The molecule has 6 heteroatoms. The summed E-state index contributed by atoms with van der Waals surface area (Å²) in [5.74, 6) is 1.89. The summed E-state index contributed by atoms with van der Waals surface area (Å²) in [4.78, 5) is 15.4. The molecule has 0 saturated heterocycles. The van der Waals surface area contributed by atoms with Crippen molar-refractivity contribution < 1.29 is 0 Å². The molecule has 51 heavy (non-hydrogen) atoms. The lowest BCUT2D eigenvalue weighted by Gasteiger charge is -2.11. The van der Waals surface area contributed by atoms with Crippen LogP contribution in [0.5, 0.6) is 0 Å². The molecule has 0 amide bonds. The molecule has 0 fully saturated rings. The highest BCUT2D eigenvalue weighted by molar-refractivity contribution is 7.27. The first-order chi connectivity index (χ1) is 25.3. The number of hydrogen-bond donors (Lipinski definition) is 0. The number of benzene rings is 7. The van der Waals surface area contributed by atoms with Crippen LogP contribution in [0, 0.1) is 0 Å². The molecule has 0 bridgehead atoms. The molecule has 0 unspecified atom stereocenters. The maximum absolute atomic E-state index is 5.19. The SMILES string of the molecule is c1ccc(-c2nc(-c3ccccc3)nc(-n3c4ccc(-c5cccc6c5sc5ccccc56)cc4c4c5sc6ccccc6c5ccc43)n2)cc1. The molecule has 0 saturated carbocycles. The van der Waals surface area contributed by atoms with Crippen LogP contribution in [-0.2, 0) is 0 Å². The van der Waals surface area contributed by atoms with Crippen LogP contribution in [0.3, 0.4) is 0 Å². The quantitative estimate of drug-likeness (QED) is 0.185. The Kier molecular flexibility index (Phi) is 6.26. The van der Waals surface area contributed by atoms with Crippen LogP contribution in [0.1, 0.15) is 0 Å². The van der Waals surface area contributed by atoms with E-state index in [4.69, 9.17) is 15.0 Å². The Balaban J connectivity index is 1.24. The Morgan fingerprint density at radius 3 is 1.65 bits per heavy atom. The van der Waals surface area contributed by atoms with Crippen molar-refractivity contribution in [1.82, 2.24) is 19.5 Å². The maximum Gasteiger partial charge on any atom is 0.238 e. The Hall–Kier alpha value is -6.21. The smallest absolute Gasteiger partial charge is 0.238 e. The van der Waals surface area contributed by atoms with E-state index in [-0.39, 0.29) is 0 Å². The van der Waals surface area contributed by atoms with Gasteiger partial charge in [0.1, 0.15) is 0 Å². The summed E-state index contributed by atoms with van der Waals surface area (Å²) in [6.45, 7) is 0. The summed E-state index contributed by atoms with van der Waals surface area (Å²) in [7, 11) is 0. The molecule has 11 rings (SSSR count). The molecule has 0 aliphatic rings. The van der Waals surface area contributed by atoms with Gasteiger partial charge in [-0.15, -0.1) is 22.7 Å². The van der Waals surface area contributed by atoms with Gasteiger partial charge in [0.25, 0.3) is 0 Å². The Morgan fingerprint density at radius 2 is 0.961 bits per heavy atom. The predicted octanol–water partition coefficient (Wildman–Crippen LogP) is 12.7. The van der Waals surface area contributed by atoms with Crippen LogP contribution < -0.4 is 0 Å². The third-order valence-corrected chi connectivity index (χ3v) is 12.3. The Labute approximate surface area is 300 Å². The van der Waals surface area contributed by atoms with Crippen molar-refractivity contribution in [3.63, 3.8) is 0 Å². The van der Waals surface area contributed by atoms with Gasteiger partial charge in [-0.2, -0.15) is 9.97 Å². The molecule has 0 radical (unpaired) electrons. The minimum absolute atomic E-state index is 0.600. The van der Waals surface area contributed by atoms with Crippen LogP contribution in [0.15, 0.2) is 158 Å². The van der Waals surface area contributed by atoms with Gasteiger partial charge in [-0.3, -0.25) is 4.57 Å². The van der Waals surface area contributed by atoms with Crippen molar-refractivity contribution in [1.29, 1.82) is 0 Å². The zero-order valence-corrected chi connectivity index (χ0v) is 28.7. The van der Waals surface area contributed by atoms with Gasteiger partial charge in [0.2, 0.25) is 5.95 Å². The zero-order valence-electron chi connectivity index (χ0n) is 27.1. The minimum Gasteiger partial charge on any atom is -0.278 e. The van der Waals surface area contributed by atoms with E-state index in [0.29, 0.717) is 17.6 Å². The van der Waals surface area contributed by atoms with Gasteiger partial charge in [-0.25, -0.2) is 4.98 Å². The molecule has 11 aromatic rings. The van der Waals surface area contributed by atoms with Crippen molar-refractivity contribution in [3.8, 4) is 39.9 Å². The molecule has 4 heterocycles. The van der Waals surface area contributed by atoms with Crippen molar-refractivity contribution >= 4 is 84.8 Å². The number of hydrogen-bond acceptors (Lipinski definition) is 5. The van der Waals surface area contributed by atoms with Gasteiger partial charge in [0.15, 0.2) is 11.6 Å². The van der Waals surface area contributed by atoms with E-state index in [1.807, 2.05) is 59.1 Å². The number of rotatable bonds is 4. The normalized spacial score (nSPS) is 11.9. The third-order valence-electron chi connectivity index (χ3n) is 9.88. The lowest BCUT2D eigenvalue weighted by Crippen LogP contribution is -2.06. The van der Waals surface area contributed by atoms with Gasteiger partial charge in [-0.1, -0.05) is 127 Å². The van der Waals surface area contributed by atoms with E-state index in [1.54, 1.807) is 0 Å². The first-order valence-electron chi connectivity index (χ1n) is 16.9. The average molecular weight is 687 g/mol. The lowest BCUT2D eigenvalue weighted by molar-refractivity contribution is 0.953. The molecular formula is C45H26N4S2. The number of nitrogens with zero attached hydrogens (tertiary/aromatic N) is 4. The average Bonchev–Trinajstić information content (AvgIpc) is 3.87. The number of thiophene rings is 2. The second-order valence-corrected chi connectivity index (χ2v) is 14.9. The summed E-state index contributed by atoms with van der Waals surface area (Å²) in [5, 5.41) is 7.56. The molecular weight excluding hydrogens is 661 g/mol. The third kappa shape index (κ3) is 4.40. The van der Waals surface area contributed by atoms with Crippen molar-refractivity contribution in [2.75, 3.05) is 0 Å². The maximum atomic E-state index is 5.19. The summed E-state index contributed by atoms with van der Waals surface area (Å²) in [6.07, 6.45) is 0.